The lowest BCUT2D eigenvalue weighted by Crippen LogP contribution is -2.41. The predicted octanol–water partition coefficient (Wildman–Crippen LogP) is 4.96. The van der Waals surface area contributed by atoms with Crippen molar-refractivity contribution in [3.63, 3.8) is 0 Å². The SMILES string of the molecule is COc1cccc(-c2cc(=O)n(C)c3ccc(C(N)(c4cccc(Br)c4)c4cncn4C)cc23)c1. The number of benzene rings is 3. The lowest BCUT2D eigenvalue weighted by atomic mass is 9.80. The fourth-order valence-electron chi connectivity index (χ4n) is 4.67. The number of rotatable bonds is 5. The molecule has 0 bridgehead atoms. The molecule has 7 heteroatoms. The molecule has 5 aromatic rings. The van der Waals surface area contributed by atoms with Crippen molar-refractivity contribution in [3.8, 4) is 16.9 Å². The van der Waals surface area contributed by atoms with Crippen LogP contribution in [0.4, 0.5) is 0 Å². The normalized spacial score (nSPS) is 13.1. The Hall–Kier alpha value is -3.68. The number of aromatic nitrogens is 3. The minimum atomic E-state index is -0.983. The van der Waals surface area contributed by atoms with Crippen LogP contribution in [0.25, 0.3) is 22.0 Å². The Kier molecular flexibility index (Phi) is 5.83. The zero-order valence-corrected chi connectivity index (χ0v) is 21.3. The van der Waals surface area contributed by atoms with Crippen molar-refractivity contribution < 1.29 is 4.74 Å². The number of hydrogen-bond donors (Lipinski definition) is 1. The lowest BCUT2D eigenvalue weighted by Gasteiger charge is -2.32. The standard InChI is InChI=1S/C28H25BrN4O2/c1-32-17-31-16-26(32)28(30,19-7-5-8-21(29)13-19)20-10-11-25-24(14-20)23(15-27(34)33(25)2)18-6-4-9-22(12-18)35-3/h4-17H,30H2,1-3H3. The topological polar surface area (TPSA) is 75.1 Å². The summed E-state index contributed by atoms with van der Waals surface area (Å²) < 4.78 is 9.97. The zero-order chi connectivity index (χ0) is 24.7. The van der Waals surface area contributed by atoms with Crippen LogP contribution in [0.3, 0.4) is 0 Å². The van der Waals surface area contributed by atoms with Crippen molar-refractivity contribution in [1.82, 2.24) is 14.1 Å². The average Bonchev–Trinajstić information content (AvgIpc) is 3.31. The molecule has 35 heavy (non-hydrogen) atoms. The van der Waals surface area contributed by atoms with Gasteiger partial charge in [0.05, 0.1) is 30.8 Å². The third kappa shape index (κ3) is 3.87. The smallest absolute Gasteiger partial charge is 0.251 e. The van der Waals surface area contributed by atoms with Gasteiger partial charge >= 0.3 is 0 Å². The first-order chi connectivity index (χ1) is 16.8. The van der Waals surface area contributed by atoms with E-state index in [4.69, 9.17) is 10.5 Å². The second-order valence-electron chi connectivity index (χ2n) is 8.63. The van der Waals surface area contributed by atoms with E-state index in [9.17, 15) is 4.79 Å². The van der Waals surface area contributed by atoms with Crippen molar-refractivity contribution in [2.24, 2.45) is 19.8 Å². The van der Waals surface area contributed by atoms with E-state index in [0.29, 0.717) is 0 Å². The van der Waals surface area contributed by atoms with E-state index in [1.165, 1.54) is 0 Å². The monoisotopic (exact) mass is 528 g/mol. The molecule has 3 aromatic carbocycles. The Morgan fingerprint density at radius 3 is 2.46 bits per heavy atom. The van der Waals surface area contributed by atoms with Gasteiger partial charge in [-0.1, -0.05) is 46.3 Å². The molecule has 2 heterocycles. The quantitative estimate of drug-likeness (QED) is 0.349. The summed E-state index contributed by atoms with van der Waals surface area (Å²) in [5, 5.41) is 0.921. The number of pyridine rings is 1. The molecule has 2 N–H and O–H groups in total. The fourth-order valence-corrected chi connectivity index (χ4v) is 5.07. The van der Waals surface area contributed by atoms with Crippen LogP contribution in [0.2, 0.25) is 0 Å². The van der Waals surface area contributed by atoms with Crippen LogP contribution in [0.15, 0.2) is 94.6 Å². The highest BCUT2D eigenvalue weighted by Crippen LogP contribution is 2.38. The van der Waals surface area contributed by atoms with Crippen molar-refractivity contribution in [1.29, 1.82) is 0 Å². The molecular weight excluding hydrogens is 504 g/mol. The van der Waals surface area contributed by atoms with E-state index < -0.39 is 5.54 Å². The zero-order valence-electron chi connectivity index (χ0n) is 19.7. The number of aryl methyl sites for hydroxylation is 2. The highest BCUT2D eigenvalue weighted by Gasteiger charge is 2.35. The van der Waals surface area contributed by atoms with Crippen molar-refractivity contribution in [3.05, 3.63) is 117 Å². The maximum atomic E-state index is 12.8. The summed E-state index contributed by atoms with van der Waals surface area (Å²) in [6, 6.07) is 23.4. The second-order valence-corrected chi connectivity index (χ2v) is 9.54. The van der Waals surface area contributed by atoms with E-state index in [1.807, 2.05) is 72.3 Å². The molecule has 0 aliphatic rings. The van der Waals surface area contributed by atoms with Crippen molar-refractivity contribution in [2.45, 2.75) is 5.54 Å². The maximum absolute atomic E-state index is 12.8. The molecule has 6 nitrogen and oxygen atoms in total. The van der Waals surface area contributed by atoms with Gasteiger partial charge in [0, 0.05) is 30.0 Å². The number of nitrogens with zero attached hydrogens (tertiary/aromatic N) is 3. The molecule has 2 aromatic heterocycles. The number of hydrogen-bond acceptors (Lipinski definition) is 4. The van der Waals surface area contributed by atoms with E-state index in [0.717, 1.165) is 49.1 Å². The van der Waals surface area contributed by atoms with Crippen LogP contribution in [-0.4, -0.2) is 21.2 Å². The third-order valence-electron chi connectivity index (χ3n) is 6.58. The number of ether oxygens (including phenoxy) is 1. The van der Waals surface area contributed by atoms with Gasteiger partial charge in [0.15, 0.2) is 0 Å². The molecule has 1 unspecified atom stereocenters. The molecule has 0 radical (unpaired) electrons. The molecule has 0 spiro atoms. The Morgan fingerprint density at radius 2 is 1.74 bits per heavy atom. The molecule has 0 aliphatic heterocycles. The molecule has 176 valence electrons. The number of methoxy groups -OCH3 is 1. The summed E-state index contributed by atoms with van der Waals surface area (Å²) in [7, 11) is 5.35. The van der Waals surface area contributed by atoms with Crippen molar-refractivity contribution in [2.75, 3.05) is 7.11 Å². The van der Waals surface area contributed by atoms with Gasteiger partial charge in [0.1, 0.15) is 11.3 Å². The fraction of sp³-hybridized carbons (Fsp3) is 0.143. The van der Waals surface area contributed by atoms with Crippen LogP contribution in [0, 0.1) is 0 Å². The number of halogens is 1. The van der Waals surface area contributed by atoms with Crippen LogP contribution in [-0.2, 0) is 19.6 Å². The van der Waals surface area contributed by atoms with Gasteiger partial charge in [-0.3, -0.25) is 4.79 Å². The molecule has 0 saturated heterocycles. The van der Waals surface area contributed by atoms with E-state index in [1.54, 1.807) is 37.3 Å². The first-order valence-electron chi connectivity index (χ1n) is 11.1. The number of imidazole rings is 1. The van der Waals surface area contributed by atoms with Crippen LogP contribution in [0.1, 0.15) is 16.8 Å². The summed E-state index contributed by atoms with van der Waals surface area (Å²) in [5.74, 6) is 0.727. The minimum absolute atomic E-state index is 0.0827. The van der Waals surface area contributed by atoms with Gasteiger partial charge in [-0.25, -0.2) is 4.98 Å². The average molecular weight is 529 g/mol. The summed E-state index contributed by atoms with van der Waals surface area (Å²) in [4.78, 5) is 17.2. The molecule has 0 aliphatic carbocycles. The minimum Gasteiger partial charge on any atom is -0.497 e. The van der Waals surface area contributed by atoms with Gasteiger partial charge in [-0.2, -0.15) is 0 Å². The molecule has 0 saturated carbocycles. The first-order valence-corrected chi connectivity index (χ1v) is 11.9. The van der Waals surface area contributed by atoms with Gasteiger partial charge in [-0.05, 0) is 58.7 Å². The van der Waals surface area contributed by atoms with E-state index in [-0.39, 0.29) is 5.56 Å². The Morgan fingerprint density at radius 1 is 0.971 bits per heavy atom. The third-order valence-corrected chi connectivity index (χ3v) is 7.08. The van der Waals surface area contributed by atoms with Crippen LogP contribution < -0.4 is 16.0 Å². The number of nitrogens with two attached hydrogens (primary N) is 1. The lowest BCUT2D eigenvalue weighted by molar-refractivity contribution is 0.415. The first kappa shape index (κ1) is 23.1. The molecule has 0 amide bonds. The van der Waals surface area contributed by atoms with E-state index in [2.05, 4.69) is 27.0 Å². The van der Waals surface area contributed by atoms with Crippen molar-refractivity contribution >= 4 is 26.8 Å². The Bertz CT molecular complexity index is 1620. The maximum Gasteiger partial charge on any atom is 0.251 e. The molecule has 5 rings (SSSR count). The van der Waals surface area contributed by atoms with Crippen LogP contribution in [0.5, 0.6) is 5.75 Å². The van der Waals surface area contributed by atoms with Gasteiger partial charge in [0.2, 0.25) is 0 Å². The highest BCUT2D eigenvalue weighted by atomic mass is 79.9. The molecule has 0 fully saturated rings. The van der Waals surface area contributed by atoms with E-state index >= 15 is 0 Å². The molecule has 1 atom stereocenters. The summed E-state index contributed by atoms with van der Waals surface area (Å²) in [5.41, 5.74) is 11.4. The van der Waals surface area contributed by atoms with Gasteiger partial charge in [-0.15, -0.1) is 0 Å². The highest BCUT2D eigenvalue weighted by molar-refractivity contribution is 9.10. The second kappa shape index (κ2) is 8.83. The largest absolute Gasteiger partial charge is 0.497 e. The summed E-state index contributed by atoms with van der Waals surface area (Å²) >= 11 is 3.59. The van der Waals surface area contributed by atoms with Gasteiger partial charge in [0.25, 0.3) is 5.56 Å². The van der Waals surface area contributed by atoms with Gasteiger partial charge < -0.3 is 19.6 Å². The molecular formula is C28H25BrN4O2. The number of fused-ring (bicyclic) bond motifs is 1. The Balaban J connectivity index is 1.84. The van der Waals surface area contributed by atoms with Crippen LogP contribution >= 0.6 is 15.9 Å². The Labute approximate surface area is 211 Å². The summed E-state index contributed by atoms with van der Waals surface area (Å²) in [6.07, 6.45) is 3.55. The summed E-state index contributed by atoms with van der Waals surface area (Å²) in [6.45, 7) is 0. The predicted molar refractivity (Wildman–Crippen MR) is 143 cm³/mol.